The first kappa shape index (κ1) is 20.3. The average molecular weight is 301 g/mol. The highest BCUT2D eigenvalue weighted by Crippen LogP contribution is 2.38. The van der Waals surface area contributed by atoms with Gasteiger partial charge in [-0.25, -0.2) is 0 Å². The molecule has 0 N–H and O–H groups in total. The van der Waals surface area contributed by atoms with Crippen molar-refractivity contribution >= 4 is 11.8 Å². The largest absolute Gasteiger partial charge is 0.162 e. The van der Waals surface area contributed by atoms with Gasteiger partial charge in [-0.1, -0.05) is 68.7 Å². The average Bonchev–Trinajstić information content (AvgIpc) is 2.48. The van der Waals surface area contributed by atoms with Crippen LogP contribution in [0.2, 0.25) is 0 Å². The van der Waals surface area contributed by atoms with E-state index in [9.17, 15) is 0 Å². The molecule has 122 valence electrons. The standard InChI is InChI=1S/C19H40S/c1-11-12(2)13(3)14(4)15(5)16(6)17(7)18(8)19(9)20-10/h12-19H,11H2,1-10H3/t12?,13-,14?,15?,16?,17?,18?,19?/m1/s1. The highest BCUT2D eigenvalue weighted by Gasteiger charge is 2.32. The van der Waals surface area contributed by atoms with Gasteiger partial charge in [-0.05, 0) is 47.7 Å². The summed E-state index contributed by atoms with van der Waals surface area (Å²) >= 11 is 2.01. The van der Waals surface area contributed by atoms with Gasteiger partial charge in [0.2, 0.25) is 0 Å². The van der Waals surface area contributed by atoms with Crippen molar-refractivity contribution in [3.8, 4) is 0 Å². The summed E-state index contributed by atoms with van der Waals surface area (Å²) in [6.45, 7) is 22.0. The molecule has 0 spiro atoms. The highest BCUT2D eigenvalue weighted by molar-refractivity contribution is 7.99. The van der Waals surface area contributed by atoms with Crippen molar-refractivity contribution in [2.75, 3.05) is 6.26 Å². The Bertz CT molecular complexity index is 224. The number of thioether (sulfide) groups is 1. The van der Waals surface area contributed by atoms with Crippen LogP contribution in [0, 0.1) is 41.4 Å². The van der Waals surface area contributed by atoms with E-state index in [-0.39, 0.29) is 0 Å². The van der Waals surface area contributed by atoms with E-state index in [1.807, 2.05) is 11.8 Å². The monoisotopic (exact) mass is 300 g/mol. The van der Waals surface area contributed by atoms with E-state index in [2.05, 4.69) is 68.6 Å². The Balaban J connectivity index is 4.71. The van der Waals surface area contributed by atoms with E-state index in [1.54, 1.807) is 0 Å². The maximum Gasteiger partial charge on any atom is 0.00442 e. The number of rotatable bonds is 9. The summed E-state index contributed by atoms with van der Waals surface area (Å²) < 4.78 is 0. The van der Waals surface area contributed by atoms with E-state index < -0.39 is 0 Å². The normalized spacial score (nSPS) is 24.3. The third kappa shape index (κ3) is 5.28. The zero-order valence-corrected chi connectivity index (χ0v) is 16.6. The van der Waals surface area contributed by atoms with Crippen molar-refractivity contribution in [3.63, 3.8) is 0 Å². The molecule has 0 aliphatic carbocycles. The Hall–Kier alpha value is 0.350. The molecule has 0 aromatic carbocycles. The summed E-state index contributed by atoms with van der Waals surface area (Å²) in [6.07, 6.45) is 3.55. The SMILES string of the molecule is CCC(C)[C@@H](C)C(C)C(C)C(C)C(C)C(C)C(C)SC. The summed E-state index contributed by atoms with van der Waals surface area (Å²) in [5, 5.41) is 0.766. The van der Waals surface area contributed by atoms with Crippen molar-refractivity contribution in [2.24, 2.45) is 41.4 Å². The second kappa shape index (κ2) is 9.38. The van der Waals surface area contributed by atoms with Crippen molar-refractivity contribution < 1.29 is 0 Å². The van der Waals surface area contributed by atoms with Gasteiger partial charge < -0.3 is 0 Å². The van der Waals surface area contributed by atoms with Crippen LogP contribution in [-0.2, 0) is 0 Å². The summed E-state index contributed by atoms with van der Waals surface area (Å²) in [5.41, 5.74) is 0. The van der Waals surface area contributed by atoms with E-state index in [0.29, 0.717) is 0 Å². The van der Waals surface area contributed by atoms with Gasteiger partial charge in [0.05, 0.1) is 0 Å². The molecule has 0 radical (unpaired) electrons. The summed E-state index contributed by atoms with van der Waals surface area (Å²) in [7, 11) is 0. The molecule has 1 heteroatoms. The van der Waals surface area contributed by atoms with Crippen molar-refractivity contribution in [2.45, 2.75) is 74.0 Å². The van der Waals surface area contributed by atoms with E-state index >= 15 is 0 Å². The van der Waals surface area contributed by atoms with Gasteiger partial charge in [0, 0.05) is 5.25 Å². The molecule has 20 heavy (non-hydrogen) atoms. The molecule has 7 unspecified atom stereocenters. The Morgan fingerprint density at radius 1 is 0.600 bits per heavy atom. The molecule has 0 fully saturated rings. The quantitative estimate of drug-likeness (QED) is 0.462. The third-order valence-electron chi connectivity index (χ3n) is 6.80. The number of hydrogen-bond donors (Lipinski definition) is 0. The molecule has 0 saturated heterocycles. The van der Waals surface area contributed by atoms with E-state index in [4.69, 9.17) is 0 Å². The Morgan fingerprint density at radius 2 is 0.950 bits per heavy atom. The minimum Gasteiger partial charge on any atom is -0.162 e. The molecule has 0 aromatic rings. The van der Waals surface area contributed by atoms with Crippen LogP contribution in [0.5, 0.6) is 0 Å². The molecule has 0 heterocycles. The first-order valence-corrected chi connectivity index (χ1v) is 10.00. The van der Waals surface area contributed by atoms with Gasteiger partial charge in [0.15, 0.2) is 0 Å². The lowest BCUT2D eigenvalue weighted by Gasteiger charge is -2.39. The maximum atomic E-state index is 2.49. The second-order valence-electron chi connectivity index (χ2n) is 7.48. The van der Waals surface area contributed by atoms with E-state index in [0.717, 1.165) is 46.7 Å². The Kier molecular flexibility index (Phi) is 9.55. The van der Waals surface area contributed by atoms with Crippen LogP contribution in [0.4, 0.5) is 0 Å². The zero-order valence-electron chi connectivity index (χ0n) is 15.7. The summed E-state index contributed by atoms with van der Waals surface area (Å²) in [4.78, 5) is 0. The molecule has 0 aromatic heterocycles. The fraction of sp³-hybridized carbons (Fsp3) is 1.00. The predicted molar refractivity (Wildman–Crippen MR) is 97.4 cm³/mol. The topological polar surface area (TPSA) is 0 Å². The van der Waals surface area contributed by atoms with Crippen LogP contribution in [-0.4, -0.2) is 11.5 Å². The van der Waals surface area contributed by atoms with Crippen molar-refractivity contribution in [1.82, 2.24) is 0 Å². The summed E-state index contributed by atoms with van der Waals surface area (Å²) in [6, 6.07) is 0. The van der Waals surface area contributed by atoms with Crippen LogP contribution >= 0.6 is 11.8 Å². The fourth-order valence-corrected chi connectivity index (χ4v) is 4.12. The lowest BCUT2D eigenvalue weighted by Crippen LogP contribution is -2.33. The zero-order chi connectivity index (χ0) is 16.0. The summed E-state index contributed by atoms with van der Waals surface area (Å²) in [5.74, 6) is 5.72. The van der Waals surface area contributed by atoms with E-state index in [1.165, 1.54) is 6.42 Å². The van der Waals surface area contributed by atoms with Crippen LogP contribution in [0.3, 0.4) is 0 Å². The smallest absolute Gasteiger partial charge is 0.00442 e. The molecule has 8 atom stereocenters. The molecule has 0 saturated carbocycles. The third-order valence-corrected chi connectivity index (χ3v) is 7.97. The lowest BCUT2D eigenvalue weighted by molar-refractivity contribution is 0.117. The van der Waals surface area contributed by atoms with Crippen molar-refractivity contribution in [3.05, 3.63) is 0 Å². The van der Waals surface area contributed by atoms with Crippen LogP contribution in [0.1, 0.15) is 68.7 Å². The van der Waals surface area contributed by atoms with Crippen LogP contribution in [0.25, 0.3) is 0 Å². The molecule has 0 bridgehead atoms. The van der Waals surface area contributed by atoms with Gasteiger partial charge in [0.1, 0.15) is 0 Å². The maximum absolute atomic E-state index is 2.49. The molecule has 0 aliphatic rings. The predicted octanol–water partition coefficient (Wildman–Crippen LogP) is 6.60. The molecule has 0 amide bonds. The molecule has 0 rings (SSSR count). The lowest BCUT2D eigenvalue weighted by atomic mass is 9.68. The second-order valence-corrected chi connectivity index (χ2v) is 8.70. The van der Waals surface area contributed by atoms with Gasteiger partial charge in [-0.3, -0.25) is 0 Å². The van der Waals surface area contributed by atoms with Crippen molar-refractivity contribution in [1.29, 1.82) is 0 Å². The van der Waals surface area contributed by atoms with Gasteiger partial charge in [-0.2, -0.15) is 11.8 Å². The molecule has 0 nitrogen and oxygen atoms in total. The Morgan fingerprint density at radius 3 is 1.30 bits per heavy atom. The number of hydrogen-bond acceptors (Lipinski definition) is 1. The minimum atomic E-state index is 0.766. The van der Waals surface area contributed by atoms with Crippen LogP contribution < -0.4 is 0 Å². The van der Waals surface area contributed by atoms with Gasteiger partial charge in [-0.15, -0.1) is 0 Å². The van der Waals surface area contributed by atoms with Gasteiger partial charge >= 0.3 is 0 Å². The highest BCUT2D eigenvalue weighted by atomic mass is 32.2. The fourth-order valence-electron chi connectivity index (χ4n) is 3.45. The van der Waals surface area contributed by atoms with Crippen LogP contribution in [0.15, 0.2) is 0 Å². The molecule has 0 aliphatic heterocycles. The Labute approximate surface area is 133 Å². The first-order valence-electron chi connectivity index (χ1n) is 8.71. The molecular weight excluding hydrogens is 260 g/mol. The molecular formula is C19H40S. The van der Waals surface area contributed by atoms with Gasteiger partial charge in [0.25, 0.3) is 0 Å². The first-order chi connectivity index (χ1) is 9.18. The minimum absolute atomic E-state index is 0.766.